The highest BCUT2D eigenvalue weighted by atomic mass is 16.5. The molecule has 2 aromatic carbocycles. The molecule has 2 aromatic rings. The molecule has 1 saturated carbocycles. The van der Waals surface area contributed by atoms with E-state index in [2.05, 4.69) is 5.32 Å². The van der Waals surface area contributed by atoms with Crippen molar-refractivity contribution in [1.29, 1.82) is 0 Å². The first-order valence-corrected chi connectivity index (χ1v) is 9.37. The molecule has 0 saturated heterocycles. The summed E-state index contributed by atoms with van der Waals surface area (Å²) in [6, 6.07) is 17.5. The van der Waals surface area contributed by atoms with E-state index in [9.17, 15) is 9.59 Å². The van der Waals surface area contributed by atoms with Crippen molar-refractivity contribution < 1.29 is 19.4 Å². The fraction of sp³-hybridized carbons (Fsp3) is 0.364. The van der Waals surface area contributed by atoms with Gasteiger partial charge >= 0.3 is 5.97 Å². The second-order valence-corrected chi connectivity index (χ2v) is 6.97. The number of carbonyl (C=O) groups is 2. The standard InChI is InChI=1S/C22H25NO4/c24-20(25)8-4-15-27-19-11-9-17(10-12-19)16-23-21(26)22(13-5-14-22)18-6-2-1-3-7-18/h1-3,6-7,9-12H,4-5,8,13-16H2,(H,23,26)(H,24,25). The van der Waals surface area contributed by atoms with Crippen molar-refractivity contribution >= 4 is 11.9 Å². The Morgan fingerprint density at radius 3 is 2.33 bits per heavy atom. The van der Waals surface area contributed by atoms with Crippen LogP contribution in [0.15, 0.2) is 54.6 Å². The van der Waals surface area contributed by atoms with E-state index in [1.807, 2.05) is 54.6 Å². The van der Waals surface area contributed by atoms with Gasteiger partial charge < -0.3 is 15.2 Å². The van der Waals surface area contributed by atoms with E-state index >= 15 is 0 Å². The maximum atomic E-state index is 12.8. The molecule has 1 amide bonds. The average Bonchev–Trinajstić information content (AvgIpc) is 2.64. The number of carbonyl (C=O) groups excluding carboxylic acids is 1. The van der Waals surface area contributed by atoms with Crippen LogP contribution in [0.4, 0.5) is 0 Å². The molecule has 0 unspecified atom stereocenters. The number of carboxylic acid groups (broad SMARTS) is 1. The molecule has 0 spiro atoms. The fourth-order valence-corrected chi connectivity index (χ4v) is 3.40. The average molecular weight is 367 g/mol. The van der Waals surface area contributed by atoms with Gasteiger partial charge in [0.25, 0.3) is 0 Å². The van der Waals surface area contributed by atoms with Crippen LogP contribution in [0.1, 0.15) is 43.2 Å². The van der Waals surface area contributed by atoms with Crippen LogP contribution >= 0.6 is 0 Å². The highest BCUT2D eigenvalue weighted by molar-refractivity contribution is 5.89. The number of hydrogen-bond acceptors (Lipinski definition) is 3. The normalized spacial score (nSPS) is 14.8. The molecule has 5 nitrogen and oxygen atoms in total. The lowest BCUT2D eigenvalue weighted by Gasteiger charge is -2.40. The quantitative estimate of drug-likeness (QED) is 0.663. The summed E-state index contributed by atoms with van der Waals surface area (Å²) < 4.78 is 5.52. The zero-order chi connectivity index (χ0) is 19.1. The summed E-state index contributed by atoms with van der Waals surface area (Å²) in [7, 11) is 0. The van der Waals surface area contributed by atoms with E-state index in [0.29, 0.717) is 25.3 Å². The van der Waals surface area contributed by atoms with Gasteiger partial charge in [-0.15, -0.1) is 0 Å². The van der Waals surface area contributed by atoms with Crippen LogP contribution < -0.4 is 10.1 Å². The molecule has 5 heteroatoms. The first kappa shape index (κ1) is 19.0. The van der Waals surface area contributed by atoms with E-state index in [4.69, 9.17) is 9.84 Å². The zero-order valence-electron chi connectivity index (χ0n) is 15.3. The van der Waals surface area contributed by atoms with E-state index in [-0.39, 0.29) is 17.7 Å². The number of amides is 1. The second kappa shape index (κ2) is 8.71. The first-order chi connectivity index (χ1) is 13.1. The van der Waals surface area contributed by atoms with E-state index in [1.54, 1.807) is 0 Å². The molecule has 1 aliphatic carbocycles. The SMILES string of the molecule is O=C(O)CCCOc1ccc(CNC(=O)C2(c3ccccc3)CCC2)cc1. The van der Waals surface area contributed by atoms with Crippen LogP contribution in [0.2, 0.25) is 0 Å². The number of aliphatic carboxylic acids is 1. The first-order valence-electron chi connectivity index (χ1n) is 9.37. The molecule has 0 aromatic heterocycles. The van der Waals surface area contributed by atoms with Crippen LogP contribution in [0.3, 0.4) is 0 Å². The van der Waals surface area contributed by atoms with Gasteiger partial charge in [0, 0.05) is 13.0 Å². The number of rotatable bonds is 9. The van der Waals surface area contributed by atoms with E-state index in [0.717, 1.165) is 30.4 Å². The second-order valence-electron chi connectivity index (χ2n) is 6.97. The van der Waals surface area contributed by atoms with Crippen molar-refractivity contribution in [2.24, 2.45) is 0 Å². The summed E-state index contributed by atoms with van der Waals surface area (Å²) in [4.78, 5) is 23.3. The minimum absolute atomic E-state index is 0.0916. The van der Waals surface area contributed by atoms with Gasteiger partial charge in [-0.05, 0) is 42.5 Å². The van der Waals surface area contributed by atoms with Gasteiger partial charge in [0.15, 0.2) is 0 Å². The van der Waals surface area contributed by atoms with Crippen LogP contribution in [0, 0.1) is 0 Å². The minimum Gasteiger partial charge on any atom is -0.494 e. The Kier molecular flexibility index (Phi) is 6.12. The lowest BCUT2D eigenvalue weighted by atomic mass is 9.64. The van der Waals surface area contributed by atoms with Crippen molar-refractivity contribution in [2.45, 2.75) is 44.1 Å². The number of nitrogens with one attached hydrogen (secondary N) is 1. The highest BCUT2D eigenvalue weighted by Crippen LogP contribution is 2.43. The third-order valence-corrected chi connectivity index (χ3v) is 5.15. The summed E-state index contributed by atoms with van der Waals surface area (Å²) in [6.45, 7) is 0.856. The van der Waals surface area contributed by atoms with Gasteiger partial charge in [0.2, 0.25) is 5.91 Å². The molecule has 142 valence electrons. The topological polar surface area (TPSA) is 75.6 Å². The van der Waals surface area contributed by atoms with Crippen molar-refractivity contribution in [2.75, 3.05) is 6.61 Å². The zero-order valence-corrected chi connectivity index (χ0v) is 15.3. The summed E-state index contributed by atoms with van der Waals surface area (Å²) in [6.07, 6.45) is 3.45. The molecule has 3 rings (SSSR count). The Labute approximate surface area is 159 Å². The molecule has 0 radical (unpaired) electrons. The summed E-state index contributed by atoms with van der Waals surface area (Å²) in [5, 5.41) is 11.7. The number of hydrogen-bond donors (Lipinski definition) is 2. The van der Waals surface area contributed by atoms with Crippen LogP contribution in [-0.2, 0) is 21.5 Å². The van der Waals surface area contributed by atoms with Crippen molar-refractivity contribution in [3.63, 3.8) is 0 Å². The maximum absolute atomic E-state index is 12.8. The Hall–Kier alpha value is -2.82. The Morgan fingerprint density at radius 2 is 1.74 bits per heavy atom. The fourth-order valence-electron chi connectivity index (χ4n) is 3.40. The molecule has 1 fully saturated rings. The van der Waals surface area contributed by atoms with E-state index in [1.165, 1.54) is 0 Å². The Morgan fingerprint density at radius 1 is 1.04 bits per heavy atom. The molecule has 0 heterocycles. The molecule has 2 N–H and O–H groups in total. The summed E-state index contributed by atoms with van der Waals surface area (Å²) in [5.74, 6) is -0.0198. The third-order valence-electron chi connectivity index (χ3n) is 5.15. The minimum atomic E-state index is -0.815. The van der Waals surface area contributed by atoms with Gasteiger partial charge in [0.1, 0.15) is 5.75 Å². The number of ether oxygens (including phenoxy) is 1. The van der Waals surface area contributed by atoms with Crippen molar-refractivity contribution in [3.05, 3.63) is 65.7 Å². The van der Waals surface area contributed by atoms with Crippen LogP contribution in [-0.4, -0.2) is 23.6 Å². The Bertz CT molecular complexity index is 767. The molecule has 1 aliphatic rings. The molecule has 0 atom stereocenters. The highest BCUT2D eigenvalue weighted by Gasteiger charge is 2.45. The van der Waals surface area contributed by atoms with Crippen LogP contribution in [0.25, 0.3) is 0 Å². The van der Waals surface area contributed by atoms with Crippen LogP contribution in [0.5, 0.6) is 5.75 Å². The van der Waals surface area contributed by atoms with Gasteiger partial charge in [-0.1, -0.05) is 48.9 Å². The predicted octanol–water partition coefficient (Wildman–Crippen LogP) is 3.67. The molecule has 0 aliphatic heterocycles. The Balaban J connectivity index is 1.51. The van der Waals surface area contributed by atoms with E-state index < -0.39 is 5.97 Å². The van der Waals surface area contributed by atoms with Gasteiger partial charge in [0.05, 0.1) is 12.0 Å². The monoisotopic (exact) mass is 367 g/mol. The number of carboxylic acids is 1. The smallest absolute Gasteiger partial charge is 0.303 e. The van der Waals surface area contributed by atoms with Gasteiger partial charge in [-0.25, -0.2) is 0 Å². The molecule has 27 heavy (non-hydrogen) atoms. The molecular weight excluding hydrogens is 342 g/mol. The third kappa shape index (κ3) is 4.67. The lowest BCUT2D eigenvalue weighted by Crippen LogP contribution is -2.48. The largest absolute Gasteiger partial charge is 0.494 e. The van der Waals surface area contributed by atoms with Gasteiger partial charge in [-0.2, -0.15) is 0 Å². The molecular formula is C22H25NO4. The van der Waals surface area contributed by atoms with Gasteiger partial charge in [-0.3, -0.25) is 9.59 Å². The summed E-state index contributed by atoms with van der Waals surface area (Å²) >= 11 is 0. The predicted molar refractivity (Wildman–Crippen MR) is 103 cm³/mol. The van der Waals surface area contributed by atoms with Crippen molar-refractivity contribution in [1.82, 2.24) is 5.32 Å². The summed E-state index contributed by atoms with van der Waals surface area (Å²) in [5.41, 5.74) is 1.72. The van der Waals surface area contributed by atoms with Crippen molar-refractivity contribution in [3.8, 4) is 5.75 Å². The number of benzene rings is 2. The molecule has 0 bridgehead atoms. The maximum Gasteiger partial charge on any atom is 0.303 e. The lowest BCUT2D eigenvalue weighted by molar-refractivity contribution is -0.137.